The molecule has 35 heavy (non-hydrogen) atoms. The second-order valence-corrected chi connectivity index (χ2v) is 9.14. The molecule has 9 heteroatoms. The molecular weight excluding hydrogens is 460 g/mol. The number of thiophene rings is 1. The summed E-state index contributed by atoms with van der Waals surface area (Å²) in [5.74, 6) is -0.352. The van der Waals surface area contributed by atoms with Gasteiger partial charge in [0.15, 0.2) is 5.00 Å². The normalized spacial score (nSPS) is 10.7. The molecule has 0 atom stereocenters. The van der Waals surface area contributed by atoms with E-state index in [9.17, 15) is 15.2 Å². The summed E-state index contributed by atoms with van der Waals surface area (Å²) in [5.41, 5.74) is 4.68. The SMILES string of the molecule is Cc1ccc(NC(=O)c2c(C)sc(N=Nc3ccc(N(CCO)CCC#N)cc3)c2C#N)c(C)c1. The molecule has 1 heterocycles. The summed E-state index contributed by atoms with van der Waals surface area (Å²) in [7, 11) is 0. The van der Waals surface area contributed by atoms with Crippen molar-refractivity contribution in [3.63, 3.8) is 0 Å². The van der Waals surface area contributed by atoms with Crippen LogP contribution in [0.4, 0.5) is 22.1 Å². The number of carbonyl (C=O) groups excluding carboxylic acids is 1. The predicted molar refractivity (Wildman–Crippen MR) is 138 cm³/mol. The summed E-state index contributed by atoms with van der Waals surface area (Å²) >= 11 is 1.24. The molecular formula is C26H26N6O2S. The Labute approximate surface area is 208 Å². The fraction of sp³-hybridized carbons (Fsp3) is 0.269. The Morgan fingerprint density at radius 2 is 1.83 bits per heavy atom. The Kier molecular flexibility index (Phi) is 8.69. The zero-order valence-corrected chi connectivity index (χ0v) is 20.7. The Morgan fingerprint density at radius 3 is 2.46 bits per heavy atom. The van der Waals surface area contributed by atoms with E-state index in [2.05, 4.69) is 27.7 Å². The Bertz CT molecular complexity index is 1320. The summed E-state index contributed by atoms with van der Waals surface area (Å²) in [6.45, 7) is 6.63. The first-order chi connectivity index (χ1) is 16.9. The lowest BCUT2D eigenvalue weighted by Gasteiger charge is -2.22. The molecule has 1 aromatic heterocycles. The number of aliphatic hydroxyl groups is 1. The molecule has 178 valence electrons. The predicted octanol–water partition coefficient (Wildman–Crippen LogP) is 5.93. The lowest BCUT2D eigenvalue weighted by molar-refractivity contribution is 0.102. The third kappa shape index (κ3) is 6.30. The van der Waals surface area contributed by atoms with E-state index in [1.165, 1.54) is 11.3 Å². The third-order valence-electron chi connectivity index (χ3n) is 5.37. The highest BCUT2D eigenvalue weighted by atomic mass is 32.1. The molecule has 3 aromatic rings. The molecule has 3 rings (SSSR count). The molecule has 2 N–H and O–H groups in total. The molecule has 0 aliphatic rings. The summed E-state index contributed by atoms with van der Waals surface area (Å²) in [5, 5.41) is 39.6. The van der Waals surface area contributed by atoms with Gasteiger partial charge in [-0.2, -0.15) is 10.5 Å². The van der Waals surface area contributed by atoms with Gasteiger partial charge in [0, 0.05) is 29.3 Å². The van der Waals surface area contributed by atoms with Crippen molar-refractivity contribution in [1.82, 2.24) is 0 Å². The van der Waals surface area contributed by atoms with E-state index in [4.69, 9.17) is 5.26 Å². The van der Waals surface area contributed by atoms with Gasteiger partial charge in [-0.1, -0.05) is 17.7 Å². The van der Waals surface area contributed by atoms with Crippen LogP contribution >= 0.6 is 11.3 Å². The van der Waals surface area contributed by atoms with E-state index in [0.29, 0.717) is 46.3 Å². The van der Waals surface area contributed by atoms with Crippen molar-refractivity contribution in [2.75, 3.05) is 29.9 Å². The maximum atomic E-state index is 13.0. The second kappa shape index (κ2) is 11.9. The molecule has 0 aliphatic heterocycles. The molecule has 1 amide bonds. The number of nitriles is 2. The van der Waals surface area contributed by atoms with Crippen molar-refractivity contribution in [2.45, 2.75) is 27.2 Å². The molecule has 0 fully saturated rings. The van der Waals surface area contributed by atoms with Crippen LogP contribution in [0.1, 0.15) is 38.3 Å². The number of anilines is 2. The summed E-state index contributed by atoms with van der Waals surface area (Å²) in [6, 6.07) is 17.2. The van der Waals surface area contributed by atoms with Crippen LogP contribution in [-0.2, 0) is 0 Å². The van der Waals surface area contributed by atoms with Crippen LogP contribution in [-0.4, -0.2) is 30.7 Å². The molecule has 8 nitrogen and oxygen atoms in total. The lowest BCUT2D eigenvalue weighted by Crippen LogP contribution is -2.27. The first-order valence-corrected chi connectivity index (χ1v) is 11.9. The van der Waals surface area contributed by atoms with Crippen molar-refractivity contribution in [3.8, 4) is 12.1 Å². The summed E-state index contributed by atoms with van der Waals surface area (Å²) in [4.78, 5) is 15.6. The zero-order valence-electron chi connectivity index (χ0n) is 19.9. The van der Waals surface area contributed by atoms with Gasteiger partial charge in [0.05, 0.1) is 30.3 Å². The first kappa shape index (κ1) is 25.6. The fourth-order valence-electron chi connectivity index (χ4n) is 3.63. The minimum absolute atomic E-state index is 0.0129. The van der Waals surface area contributed by atoms with Gasteiger partial charge in [0.1, 0.15) is 11.6 Å². The fourth-order valence-corrected chi connectivity index (χ4v) is 4.54. The second-order valence-electron chi connectivity index (χ2n) is 7.93. The number of rotatable bonds is 9. The molecule has 0 saturated heterocycles. The molecule has 0 aliphatic carbocycles. The number of nitrogens with zero attached hydrogens (tertiary/aromatic N) is 5. The van der Waals surface area contributed by atoms with Crippen molar-refractivity contribution in [1.29, 1.82) is 10.5 Å². The van der Waals surface area contributed by atoms with Crippen LogP contribution in [0, 0.1) is 43.4 Å². The van der Waals surface area contributed by atoms with Gasteiger partial charge in [-0.05, 0) is 56.7 Å². The Morgan fingerprint density at radius 1 is 1.09 bits per heavy atom. The first-order valence-electron chi connectivity index (χ1n) is 11.0. The van der Waals surface area contributed by atoms with E-state index >= 15 is 0 Å². The number of hydrogen-bond acceptors (Lipinski definition) is 8. The minimum atomic E-state index is -0.352. The average molecular weight is 487 g/mol. The number of aliphatic hydroxyl groups excluding tert-OH is 1. The molecule has 0 radical (unpaired) electrons. The number of hydrogen-bond donors (Lipinski definition) is 2. The maximum absolute atomic E-state index is 13.0. The summed E-state index contributed by atoms with van der Waals surface area (Å²) < 4.78 is 0. The van der Waals surface area contributed by atoms with Crippen LogP contribution in [0.5, 0.6) is 0 Å². The topological polar surface area (TPSA) is 125 Å². The van der Waals surface area contributed by atoms with Gasteiger partial charge in [0.25, 0.3) is 5.91 Å². The smallest absolute Gasteiger partial charge is 0.258 e. The monoisotopic (exact) mass is 486 g/mol. The van der Waals surface area contributed by atoms with Gasteiger partial charge in [-0.3, -0.25) is 4.79 Å². The highest BCUT2D eigenvalue weighted by Crippen LogP contribution is 2.36. The van der Waals surface area contributed by atoms with Gasteiger partial charge in [-0.25, -0.2) is 0 Å². The van der Waals surface area contributed by atoms with Gasteiger partial charge >= 0.3 is 0 Å². The lowest BCUT2D eigenvalue weighted by atomic mass is 10.1. The van der Waals surface area contributed by atoms with E-state index in [1.807, 2.05) is 49.1 Å². The number of amides is 1. The number of carbonyl (C=O) groups is 1. The van der Waals surface area contributed by atoms with Crippen molar-refractivity contribution >= 4 is 39.3 Å². The number of azo groups is 1. The molecule has 0 unspecified atom stereocenters. The zero-order chi connectivity index (χ0) is 25.4. The Hall–Kier alpha value is -4.05. The van der Waals surface area contributed by atoms with Gasteiger partial charge < -0.3 is 15.3 Å². The van der Waals surface area contributed by atoms with Crippen LogP contribution in [0.3, 0.4) is 0 Å². The van der Waals surface area contributed by atoms with E-state index < -0.39 is 0 Å². The quantitative estimate of drug-likeness (QED) is 0.363. The third-order valence-corrected chi connectivity index (χ3v) is 6.36. The largest absolute Gasteiger partial charge is 0.395 e. The van der Waals surface area contributed by atoms with Crippen LogP contribution in [0.15, 0.2) is 52.7 Å². The van der Waals surface area contributed by atoms with Crippen molar-refractivity contribution < 1.29 is 9.90 Å². The van der Waals surface area contributed by atoms with Crippen LogP contribution < -0.4 is 10.2 Å². The van der Waals surface area contributed by atoms with Crippen LogP contribution in [0.25, 0.3) is 0 Å². The summed E-state index contributed by atoms with van der Waals surface area (Å²) in [6.07, 6.45) is 0.357. The van der Waals surface area contributed by atoms with Crippen molar-refractivity contribution in [2.24, 2.45) is 10.2 Å². The molecule has 2 aromatic carbocycles. The molecule has 0 bridgehead atoms. The highest BCUT2D eigenvalue weighted by Gasteiger charge is 2.22. The van der Waals surface area contributed by atoms with Crippen LogP contribution in [0.2, 0.25) is 0 Å². The van der Waals surface area contributed by atoms with Crippen molar-refractivity contribution in [3.05, 3.63) is 69.6 Å². The molecule has 0 saturated carbocycles. The molecule has 0 spiro atoms. The van der Waals surface area contributed by atoms with Gasteiger partial charge in [0.2, 0.25) is 0 Å². The average Bonchev–Trinajstić information content (AvgIpc) is 3.17. The number of aryl methyl sites for hydroxylation is 3. The standard InChI is InChI=1S/C26H26N6O2S/c1-17-5-10-23(18(2)15-17)29-25(34)24-19(3)35-26(22(24)16-28)31-30-20-6-8-21(9-7-20)32(13-14-33)12-4-11-27/h5-10,15,33H,4,12-14H2,1-3H3,(H,29,34). The number of nitrogens with one attached hydrogen (secondary N) is 1. The van der Waals surface area contributed by atoms with E-state index in [-0.39, 0.29) is 18.1 Å². The minimum Gasteiger partial charge on any atom is -0.395 e. The highest BCUT2D eigenvalue weighted by molar-refractivity contribution is 7.16. The van der Waals surface area contributed by atoms with Gasteiger partial charge in [-0.15, -0.1) is 21.6 Å². The number of benzene rings is 2. The Balaban J connectivity index is 1.80. The maximum Gasteiger partial charge on any atom is 0.258 e. The van der Waals surface area contributed by atoms with E-state index in [1.54, 1.807) is 19.1 Å². The van der Waals surface area contributed by atoms with E-state index in [0.717, 1.165) is 16.8 Å².